The van der Waals surface area contributed by atoms with Crippen molar-refractivity contribution in [3.63, 3.8) is 0 Å². The van der Waals surface area contributed by atoms with Crippen molar-refractivity contribution < 1.29 is 0 Å². The number of rotatable bonds is 4. The fourth-order valence-electron chi connectivity index (χ4n) is 1.99. The third kappa shape index (κ3) is 4.61. The number of nitrogens with zero attached hydrogens (tertiary/aromatic N) is 3. The minimum Gasteiger partial charge on any atom is -0.315 e. The molecule has 0 aromatic carbocycles. The summed E-state index contributed by atoms with van der Waals surface area (Å²) < 4.78 is 0. The standard InChI is InChI=1S/C11H22N4/c1-10(2)8-14-3-5-15(6-4-14)9-11(13)7-12/h10-11H,3-6,8-9,13H2,1-2H3. The van der Waals surface area contributed by atoms with Crippen LogP contribution in [0.5, 0.6) is 0 Å². The Labute approximate surface area is 92.6 Å². The van der Waals surface area contributed by atoms with Crippen LogP contribution in [0, 0.1) is 17.2 Å². The van der Waals surface area contributed by atoms with Crippen molar-refractivity contribution in [1.82, 2.24) is 9.80 Å². The Bertz CT molecular complexity index is 213. The van der Waals surface area contributed by atoms with Gasteiger partial charge in [0.05, 0.1) is 6.07 Å². The van der Waals surface area contributed by atoms with E-state index in [0.717, 1.165) is 32.1 Å². The van der Waals surface area contributed by atoms with Gasteiger partial charge < -0.3 is 10.6 Å². The zero-order valence-corrected chi connectivity index (χ0v) is 9.82. The van der Waals surface area contributed by atoms with Crippen molar-refractivity contribution in [2.24, 2.45) is 11.7 Å². The summed E-state index contributed by atoms with van der Waals surface area (Å²) >= 11 is 0. The summed E-state index contributed by atoms with van der Waals surface area (Å²) in [5.41, 5.74) is 5.60. The predicted molar refractivity (Wildman–Crippen MR) is 61.3 cm³/mol. The van der Waals surface area contributed by atoms with E-state index in [1.165, 1.54) is 6.54 Å². The molecule has 1 unspecified atom stereocenters. The van der Waals surface area contributed by atoms with Crippen molar-refractivity contribution in [3.8, 4) is 6.07 Å². The van der Waals surface area contributed by atoms with Crippen LogP contribution < -0.4 is 5.73 Å². The molecule has 0 radical (unpaired) electrons. The monoisotopic (exact) mass is 210 g/mol. The van der Waals surface area contributed by atoms with E-state index in [2.05, 4.69) is 29.7 Å². The number of nitrogens with two attached hydrogens (primary N) is 1. The smallest absolute Gasteiger partial charge is 0.106 e. The Hall–Kier alpha value is -0.630. The molecule has 4 nitrogen and oxygen atoms in total. The van der Waals surface area contributed by atoms with Gasteiger partial charge in [-0.15, -0.1) is 0 Å². The van der Waals surface area contributed by atoms with Gasteiger partial charge in [-0.2, -0.15) is 5.26 Å². The molecule has 0 aliphatic carbocycles. The fraction of sp³-hybridized carbons (Fsp3) is 0.909. The van der Waals surface area contributed by atoms with Gasteiger partial charge >= 0.3 is 0 Å². The molecule has 4 heteroatoms. The van der Waals surface area contributed by atoms with Gasteiger partial charge in [0.15, 0.2) is 0 Å². The Morgan fingerprint density at radius 3 is 2.00 bits per heavy atom. The summed E-state index contributed by atoms with van der Waals surface area (Å²) in [6.07, 6.45) is 0. The molecule has 0 amide bonds. The third-order valence-electron chi connectivity index (χ3n) is 2.71. The lowest BCUT2D eigenvalue weighted by Crippen LogP contribution is -2.50. The number of hydrogen-bond acceptors (Lipinski definition) is 4. The molecule has 0 aromatic rings. The number of nitriles is 1. The first-order valence-electron chi connectivity index (χ1n) is 5.71. The summed E-state index contributed by atoms with van der Waals surface area (Å²) in [7, 11) is 0. The molecule has 1 atom stereocenters. The molecule has 15 heavy (non-hydrogen) atoms. The molecule has 1 rings (SSSR count). The summed E-state index contributed by atoms with van der Waals surface area (Å²) in [5, 5.41) is 8.62. The van der Waals surface area contributed by atoms with Crippen LogP contribution in [-0.4, -0.2) is 55.1 Å². The Morgan fingerprint density at radius 2 is 1.60 bits per heavy atom. The zero-order valence-electron chi connectivity index (χ0n) is 9.82. The highest BCUT2D eigenvalue weighted by atomic mass is 15.3. The maximum atomic E-state index is 8.62. The van der Waals surface area contributed by atoms with Gasteiger partial charge in [0.2, 0.25) is 0 Å². The number of piperazine rings is 1. The van der Waals surface area contributed by atoms with Crippen LogP contribution in [-0.2, 0) is 0 Å². The maximum absolute atomic E-state index is 8.62. The maximum Gasteiger partial charge on any atom is 0.106 e. The van der Waals surface area contributed by atoms with Gasteiger partial charge in [-0.25, -0.2) is 0 Å². The summed E-state index contributed by atoms with van der Waals surface area (Å²) in [6.45, 7) is 10.7. The second-order valence-electron chi connectivity index (χ2n) is 4.73. The molecule has 1 saturated heterocycles. The molecule has 2 N–H and O–H groups in total. The van der Waals surface area contributed by atoms with E-state index in [1.54, 1.807) is 0 Å². The molecule has 0 bridgehead atoms. The van der Waals surface area contributed by atoms with E-state index in [4.69, 9.17) is 11.0 Å². The van der Waals surface area contributed by atoms with Crippen LogP contribution in [0.25, 0.3) is 0 Å². The van der Waals surface area contributed by atoms with E-state index in [0.29, 0.717) is 6.54 Å². The summed E-state index contributed by atoms with van der Waals surface area (Å²) in [5.74, 6) is 0.734. The van der Waals surface area contributed by atoms with Crippen LogP contribution in [0.15, 0.2) is 0 Å². The van der Waals surface area contributed by atoms with Crippen LogP contribution in [0.3, 0.4) is 0 Å². The Kier molecular flexibility index (Phi) is 5.03. The van der Waals surface area contributed by atoms with Gasteiger partial charge in [-0.1, -0.05) is 13.8 Å². The second kappa shape index (κ2) is 6.06. The average Bonchev–Trinajstić information content (AvgIpc) is 2.20. The summed E-state index contributed by atoms with van der Waals surface area (Å²) in [4.78, 5) is 4.77. The molecular weight excluding hydrogens is 188 g/mol. The van der Waals surface area contributed by atoms with E-state index in [1.807, 2.05) is 0 Å². The molecule has 1 fully saturated rings. The molecule has 0 saturated carbocycles. The second-order valence-corrected chi connectivity index (χ2v) is 4.73. The number of hydrogen-bond donors (Lipinski definition) is 1. The van der Waals surface area contributed by atoms with Crippen molar-refractivity contribution in [2.45, 2.75) is 19.9 Å². The highest BCUT2D eigenvalue weighted by Gasteiger charge is 2.18. The molecular formula is C11H22N4. The third-order valence-corrected chi connectivity index (χ3v) is 2.71. The van der Waals surface area contributed by atoms with Crippen LogP contribution in [0.4, 0.5) is 0 Å². The first kappa shape index (κ1) is 12.4. The molecule has 86 valence electrons. The minimum absolute atomic E-state index is 0.332. The molecule has 0 spiro atoms. The van der Waals surface area contributed by atoms with E-state index in [-0.39, 0.29) is 6.04 Å². The molecule has 1 aliphatic rings. The largest absolute Gasteiger partial charge is 0.315 e. The van der Waals surface area contributed by atoms with Gasteiger partial charge in [-0.05, 0) is 5.92 Å². The van der Waals surface area contributed by atoms with Gasteiger partial charge in [0, 0.05) is 39.3 Å². The highest BCUT2D eigenvalue weighted by molar-refractivity contribution is 4.90. The highest BCUT2D eigenvalue weighted by Crippen LogP contribution is 2.05. The SMILES string of the molecule is CC(C)CN1CCN(CC(N)C#N)CC1. The fourth-order valence-corrected chi connectivity index (χ4v) is 1.99. The lowest BCUT2D eigenvalue weighted by atomic mass is 10.2. The van der Waals surface area contributed by atoms with E-state index < -0.39 is 0 Å². The molecule has 1 aliphatic heterocycles. The lowest BCUT2D eigenvalue weighted by molar-refractivity contribution is 0.121. The van der Waals surface area contributed by atoms with Crippen LogP contribution in [0.1, 0.15) is 13.8 Å². The molecule has 0 aromatic heterocycles. The van der Waals surface area contributed by atoms with Crippen LogP contribution in [0.2, 0.25) is 0 Å². The van der Waals surface area contributed by atoms with Crippen molar-refractivity contribution >= 4 is 0 Å². The Morgan fingerprint density at radius 1 is 1.13 bits per heavy atom. The zero-order chi connectivity index (χ0) is 11.3. The average molecular weight is 210 g/mol. The quantitative estimate of drug-likeness (QED) is 0.715. The topological polar surface area (TPSA) is 56.3 Å². The predicted octanol–water partition coefficient (Wildman–Crippen LogP) is 0.111. The Balaban J connectivity index is 2.21. The normalized spacial score (nSPS) is 21.5. The minimum atomic E-state index is -0.332. The van der Waals surface area contributed by atoms with E-state index >= 15 is 0 Å². The van der Waals surface area contributed by atoms with Gasteiger partial charge in [0.1, 0.15) is 6.04 Å². The summed E-state index contributed by atoms with van der Waals surface area (Å²) in [6, 6.07) is 1.75. The van der Waals surface area contributed by atoms with Gasteiger partial charge in [-0.3, -0.25) is 4.90 Å². The lowest BCUT2D eigenvalue weighted by Gasteiger charge is -2.35. The first-order chi connectivity index (χ1) is 7.11. The van der Waals surface area contributed by atoms with E-state index in [9.17, 15) is 0 Å². The van der Waals surface area contributed by atoms with Crippen LogP contribution >= 0.6 is 0 Å². The molecule has 1 heterocycles. The first-order valence-corrected chi connectivity index (χ1v) is 5.71. The van der Waals surface area contributed by atoms with Crippen molar-refractivity contribution in [3.05, 3.63) is 0 Å². The van der Waals surface area contributed by atoms with Crippen molar-refractivity contribution in [1.29, 1.82) is 5.26 Å². The van der Waals surface area contributed by atoms with Gasteiger partial charge in [0.25, 0.3) is 0 Å². The van der Waals surface area contributed by atoms with Crippen molar-refractivity contribution in [2.75, 3.05) is 39.3 Å².